The van der Waals surface area contributed by atoms with Gasteiger partial charge in [-0.15, -0.1) is 0 Å². The van der Waals surface area contributed by atoms with Crippen LogP contribution in [0.3, 0.4) is 0 Å². The van der Waals surface area contributed by atoms with E-state index in [9.17, 15) is 9.18 Å². The molecule has 0 saturated heterocycles. The standard InChI is InChI=1S/C20H25FN2O2/c1-14(2)25-18-9-6-8-17(13-18)15(3)23-20(24)22-12-11-16-7-4-5-10-19(16)21/h4-10,13-15H,11-12H2,1-3H3,(H2,22,23,24). The quantitative estimate of drug-likeness (QED) is 0.790. The fourth-order valence-corrected chi connectivity index (χ4v) is 2.47. The van der Waals surface area contributed by atoms with Gasteiger partial charge in [-0.3, -0.25) is 0 Å². The normalized spacial score (nSPS) is 11.9. The molecule has 0 aromatic heterocycles. The molecule has 0 bridgehead atoms. The molecule has 25 heavy (non-hydrogen) atoms. The van der Waals surface area contributed by atoms with Gasteiger partial charge in [0.05, 0.1) is 12.1 Å². The number of hydrogen-bond donors (Lipinski definition) is 2. The average molecular weight is 344 g/mol. The average Bonchev–Trinajstić information content (AvgIpc) is 2.56. The Labute approximate surface area is 148 Å². The van der Waals surface area contributed by atoms with Crippen LogP contribution >= 0.6 is 0 Å². The zero-order chi connectivity index (χ0) is 18.2. The molecular formula is C20H25FN2O2. The number of hydrogen-bond acceptors (Lipinski definition) is 2. The molecule has 5 heteroatoms. The minimum Gasteiger partial charge on any atom is -0.491 e. The molecule has 134 valence electrons. The second-order valence-corrected chi connectivity index (χ2v) is 6.20. The molecule has 0 aliphatic carbocycles. The van der Waals surface area contributed by atoms with Gasteiger partial charge in [0.25, 0.3) is 0 Å². The lowest BCUT2D eigenvalue weighted by molar-refractivity contribution is 0.237. The van der Waals surface area contributed by atoms with Crippen molar-refractivity contribution in [1.29, 1.82) is 0 Å². The topological polar surface area (TPSA) is 50.4 Å². The summed E-state index contributed by atoms with van der Waals surface area (Å²) < 4.78 is 19.2. The fraction of sp³-hybridized carbons (Fsp3) is 0.350. The van der Waals surface area contributed by atoms with Crippen LogP contribution in [-0.4, -0.2) is 18.7 Å². The highest BCUT2D eigenvalue weighted by Crippen LogP contribution is 2.20. The number of halogens is 1. The number of nitrogens with one attached hydrogen (secondary N) is 2. The predicted octanol–water partition coefficient (Wildman–Crippen LogP) is 4.22. The molecule has 2 rings (SSSR count). The summed E-state index contributed by atoms with van der Waals surface area (Å²) in [5.74, 6) is 0.529. The van der Waals surface area contributed by atoms with E-state index in [0.29, 0.717) is 18.5 Å². The molecule has 2 amide bonds. The summed E-state index contributed by atoms with van der Waals surface area (Å²) in [6, 6.07) is 13.8. The van der Waals surface area contributed by atoms with Crippen LogP contribution in [0.1, 0.15) is 37.9 Å². The minimum absolute atomic E-state index is 0.0974. The van der Waals surface area contributed by atoms with E-state index in [1.54, 1.807) is 18.2 Å². The molecule has 2 aromatic rings. The predicted molar refractivity (Wildman–Crippen MR) is 97.3 cm³/mol. The van der Waals surface area contributed by atoms with E-state index in [4.69, 9.17) is 4.74 Å². The van der Waals surface area contributed by atoms with Crippen molar-refractivity contribution in [2.45, 2.75) is 39.3 Å². The maximum atomic E-state index is 13.5. The molecule has 0 aliphatic heterocycles. The highest BCUT2D eigenvalue weighted by molar-refractivity contribution is 5.74. The summed E-state index contributed by atoms with van der Waals surface area (Å²) in [5, 5.41) is 5.64. The third-order valence-corrected chi connectivity index (χ3v) is 3.72. The lowest BCUT2D eigenvalue weighted by atomic mass is 10.1. The first-order valence-corrected chi connectivity index (χ1v) is 8.50. The van der Waals surface area contributed by atoms with Gasteiger partial charge < -0.3 is 15.4 Å². The van der Waals surface area contributed by atoms with Crippen LogP contribution in [0.15, 0.2) is 48.5 Å². The fourth-order valence-electron chi connectivity index (χ4n) is 2.47. The van der Waals surface area contributed by atoms with Gasteiger partial charge in [-0.25, -0.2) is 9.18 Å². The van der Waals surface area contributed by atoms with Crippen LogP contribution in [0.4, 0.5) is 9.18 Å². The first-order valence-electron chi connectivity index (χ1n) is 8.50. The highest BCUT2D eigenvalue weighted by Gasteiger charge is 2.10. The number of urea groups is 1. The van der Waals surface area contributed by atoms with Gasteiger partial charge in [-0.2, -0.15) is 0 Å². The minimum atomic E-state index is -0.279. The second kappa shape index (κ2) is 9.06. The molecule has 0 saturated carbocycles. The molecule has 0 aliphatic rings. The van der Waals surface area contributed by atoms with E-state index < -0.39 is 0 Å². The van der Waals surface area contributed by atoms with Crippen molar-refractivity contribution in [2.75, 3.05) is 6.54 Å². The van der Waals surface area contributed by atoms with Crippen molar-refractivity contribution >= 4 is 6.03 Å². The summed E-state index contributed by atoms with van der Waals surface area (Å²) in [6.45, 7) is 6.22. The summed E-state index contributed by atoms with van der Waals surface area (Å²) >= 11 is 0. The number of carbonyl (C=O) groups is 1. The van der Waals surface area contributed by atoms with Crippen molar-refractivity contribution in [2.24, 2.45) is 0 Å². The van der Waals surface area contributed by atoms with E-state index in [1.807, 2.05) is 45.0 Å². The Morgan fingerprint density at radius 2 is 1.88 bits per heavy atom. The largest absolute Gasteiger partial charge is 0.491 e. The smallest absolute Gasteiger partial charge is 0.315 e. The number of carbonyl (C=O) groups excluding carboxylic acids is 1. The zero-order valence-corrected chi connectivity index (χ0v) is 14.9. The van der Waals surface area contributed by atoms with Crippen molar-refractivity contribution in [1.82, 2.24) is 10.6 Å². The Morgan fingerprint density at radius 3 is 2.60 bits per heavy atom. The Hall–Kier alpha value is -2.56. The van der Waals surface area contributed by atoms with Crippen LogP contribution in [0, 0.1) is 5.82 Å². The monoisotopic (exact) mass is 344 g/mol. The third kappa shape index (κ3) is 6.10. The van der Waals surface area contributed by atoms with Crippen LogP contribution in [-0.2, 0) is 6.42 Å². The number of benzene rings is 2. The van der Waals surface area contributed by atoms with E-state index in [2.05, 4.69) is 10.6 Å². The van der Waals surface area contributed by atoms with Crippen LogP contribution in [0.5, 0.6) is 5.75 Å². The van der Waals surface area contributed by atoms with E-state index in [1.165, 1.54) is 6.07 Å². The molecule has 4 nitrogen and oxygen atoms in total. The van der Waals surface area contributed by atoms with Gasteiger partial charge in [0.1, 0.15) is 11.6 Å². The lowest BCUT2D eigenvalue weighted by Crippen LogP contribution is -2.38. The van der Waals surface area contributed by atoms with E-state index >= 15 is 0 Å². The lowest BCUT2D eigenvalue weighted by Gasteiger charge is -2.17. The molecule has 2 N–H and O–H groups in total. The molecule has 1 unspecified atom stereocenters. The highest BCUT2D eigenvalue weighted by atomic mass is 19.1. The van der Waals surface area contributed by atoms with Gasteiger partial charge in [0.2, 0.25) is 0 Å². The molecule has 0 heterocycles. The van der Waals surface area contributed by atoms with Crippen molar-refractivity contribution in [3.63, 3.8) is 0 Å². The third-order valence-electron chi connectivity index (χ3n) is 3.72. The van der Waals surface area contributed by atoms with Crippen molar-refractivity contribution < 1.29 is 13.9 Å². The molecule has 2 aromatic carbocycles. The first kappa shape index (κ1) is 18.8. The number of ether oxygens (including phenoxy) is 1. The Balaban J connectivity index is 1.82. The maximum absolute atomic E-state index is 13.5. The van der Waals surface area contributed by atoms with Gasteiger partial charge in [-0.1, -0.05) is 30.3 Å². The van der Waals surface area contributed by atoms with Gasteiger partial charge in [-0.05, 0) is 56.5 Å². The summed E-state index contributed by atoms with van der Waals surface area (Å²) in [7, 11) is 0. The van der Waals surface area contributed by atoms with Crippen molar-refractivity contribution in [3.05, 3.63) is 65.5 Å². The molecule has 1 atom stereocenters. The Bertz CT molecular complexity index is 704. The Morgan fingerprint density at radius 1 is 1.12 bits per heavy atom. The maximum Gasteiger partial charge on any atom is 0.315 e. The Kier molecular flexibility index (Phi) is 6.81. The van der Waals surface area contributed by atoms with Gasteiger partial charge in [0, 0.05) is 6.54 Å². The SMILES string of the molecule is CC(C)Oc1cccc(C(C)NC(=O)NCCc2ccccc2F)c1. The molecular weight excluding hydrogens is 319 g/mol. The van der Waals surface area contributed by atoms with Crippen molar-refractivity contribution in [3.8, 4) is 5.75 Å². The first-order chi connectivity index (χ1) is 12.0. The van der Waals surface area contributed by atoms with Crippen LogP contribution < -0.4 is 15.4 Å². The second-order valence-electron chi connectivity index (χ2n) is 6.20. The number of amides is 2. The summed E-state index contributed by atoms with van der Waals surface area (Å²) in [4.78, 5) is 12.0. The zero-order valence-electron chi connectivity index (χ0n) is 14.9. The molecule has 0 spiro atoms. The van der Waals surface area contributed by atoms with Crippen LogP contribution in [0.25, 0.3) is 0 Å². The van der Waals surface area contributed by atoms with E-state index in [-0.39, 0.29) is 24.0 Å². The summed E-state index contributed by atoms with van der Waals surface area (Å²) in [6.07, 6.45) is 0.548. The van der Waals surface area contributed by atoms with E-state index in [0.717, 1.165) is 11.3 Å². The van der Waals surface area contributed by atoms with Crippen LogP contribution in [0.2, 0.25) is 0 Å². The van der Waals surface area contributed by atoms with Gasteiger partial charge in [0.15, 0.2) is 0 Å². The van der Waals surface area contributed by atoms with Gasteiger partial charge >= 0.3 is 6.03 Å². The molecule has 0 fully saturated rings. The summed E-state index contributed by atoms with van der Waals surface area (Å²) in [5.41, 5.74) is 1.55. The number of rotatable bonds is 7. The molecule has 0 radical (unpaired) electrons.